The van der Waals surface area contributed by atoms with Crippen LogP contribution in [-0.4, -0.2) is 9.13 Å². The Balaban J connectivity index is 0.954. The van der Waals surface area contributed by atoms with Gasteiger partial charge in [-0.15, -0.1) is 20.5 Å². The summed E-state index contributed by atoms with van der Waals surface area (Å²) in [5, 5.41) is 6.19. The molecule has 4 bridgehead atoms. The summed E-state index contributed by atoms with van der Waals surface area (Å²) in [7, 11) is 0. The van der Waals surface area contributed by atoms with Crippen LogP contribution in [0.15, 0.2) is 213 Å². The van der Waals surface area contributed by atoms with Crippen LogP contribution in [0.2, 0.25) is 0 Å². The van der Waals surface area contributed by atoms with Crippen molar-refractivity contribution in [2.75, 3.05) is 4.90 Å². The number of fused-ring (bicyclic) bond motifs is 8. The lowest BCUT2D eigenvalue weighted by Gasteiger charge is -2.27. The average Bonchev–Trinajstić information content (AvgIpc) is 4.10. The van der Waals surface area contributed by atoms with Crippen molar-refractivity contribution in [3.8, 4) is 44.3 Å². The quantitative estimate of drug-likeness (QED) is 0.162. The fraction of sp³-hybridized carbons (Fsp3) is 0.0345. The van der Waals surface area contributed by atoms with Gasteiger partial charge in [-0.2, -0.15) is 0 Å². The zero-order chi connectivity index (χ0) is 41.7. The highest BCUT2D eigenvalue weighted by molar-refractivity contribution is 7.19. The van der Waals surface area contributed by atoms with Crippen LogP contribution in [-0.2, 0) is 12.1 Å². The maximum absolute atomic E-state index is 2.56. The van der Waals surface area contributed by atoms with Crippen molar-refractivity contribution in [2.45, 2.75) is 12.1 Å². The Morgan fingerprint density at radius 1 is 0.438 bits per heavy atom. The van der Waals surface area contributed by atoms with E-state index in [1.807, 2.05) is 11.3 Å². The van der Waals surface area contributed by atoms with E-state index in [0.717, 1.165) is 17.8 Å². The van der Waals surface area contributed by atoms with Gasteiger partial charge in [-0.05, 0) is 109 Å². The van der Waals surface area contributed by atoms with E-state index in [1.54, 1.807) is 0 Å². The molecule has 1 unspecified atom stereocenters. The van der Waals surface area contributed by atoms with Gasteiger partial charge in [0.1, 0.15) is 17.0 Å². The highest BCUT2D eigenvalue weighted by Crippen LogP contribution is 2.56. The number of para-hydroxylation sites is 3. The summed E-state index contributed by atoms with van der Waals surface area (Å²) in [6.45, 7) is 0. The van der Waals surface area contributed by atoms with E-state index in [0.29, 0.717) is 0 Å². The Kier molecular flexibility index (Phi) is 6.76. The Hall–Kier alpha value is -8.06. The van der Waals surface area contributed by atoms with Gasteiger partial charge in [-0.25, -0.2) is 0 Å². The van der Waals surface area contributed by atoms with Gasteiger partial charge < -0.3 is 14.0 Å². The molecule has 5 aromatic heterocycles. The molecule has 0 amide bonds. The van der Waals surface area contributed by atoms with Crippen LogP contribution < -0.4 is 14.0 Å². The molecule has 7 aromatic carbocycles. The summed E-state index contributed by atoms with van der Waals surface area (Å²) >= 11 is 1.87. The standard InChI is InChI=1S/C58H37N5S/c1-3-15-38(16-4-1)61-49-24-8-7-19-40(49)44-34-54-45(35-53(44)61)43-33-37(27-28-51(43)62(54)39-17-5-2-6-18-39)55-29-30-56(64-55)63-50-25-13-20-41-46(50)36-58(59-31-11-9-22-47(41)59)57-42(21-14-26-52(57)63)48-23-10-12-32-60(48)58/h1-35H,36H2/q+2. The van der Waals surface area contributed by atoms with Gasteiger partial charge >= 0.3 is 5.66 Å². The van der Waals surface area contributed by atoms with Crippen molar-refractivity contribution < 1.29 is 9.13 Å². The largest absolute Gasteiger partial charge is 0.395 e. The molecular weight excluding hydrogens is 799 g/mol. The van der Waals surface area contributed by atoms with Gasteiger partial charge in [0.15, 0.2) is 12.4 Å². The van der Waals surface area contributed by atoms with Gasteiger partial charge in [-0.3, -0.25) is 0 Å². The van der Waals surface area contributed by atoms with Crippen LogP contribution in [0.4, 0.5) is 16.4 Å². The van der Waals surface area contributed by atoms with E-state index < -0.39 is 5.66 Å². The van der Waals surface area contributed by atoms with Crippen molar-refractivity contribution in [1.29, 1.82) is 0 Å². The minimum absolute atomic E-state index is 0.438. The van der Waals surface area contributed by atoms with Gasteiger partial charge in [0.2, 0.25) is 11.4 Å². The number of thiophene rings is 1. The first kappa shape index (κ1) is 34.5. The molecule has 0 radical (unpaired) electrons. The van der Waals surface area contributed by atoms with Crippen LogP contribution in [0.5, 0.6) is 0 Å². The summed E-state index contributed by atoms with van der Waals surface area (Å²) in [6, 6.07) is 74.1. The first-order chi connectivity index (χ1) is 31.7. The third-order valence-electron chi connectivity index (χ3n) is 14.3. The SMILES string of the molecule is c1ccc(-n2c3ccccc3c3cc4c(cc32)c2cc(-c3ccc(N5c6cccc7c6CC6(c8c(cccc85)-c5cccc[n+]56)[n+]5ccccc5-7)s3)ccc2n4-c2ccccc2)cc1. The van der Waals surface area contributed by atoms with E-state index in [1.165, 1.54) is 104 Å². The molecule has 3 aliphatic rings. The summed E-state index contributed by atoms with van der Waals surface area (Å²) in [5.41, 5.74) is 18.2. The van der Waals surface area contributed by atoms with Crippen molar-refractivity contribution >= 4 is 71.3 Å². The fourth-order valence-corrected chi connectivity index (χ4v) is 12.7. The first-order valence-electron chi connectivity index (χ1n) is 22.1. The summed E-state index contributed by atoms with van der Waals surface area (Å²) < 4.78 is 9.94. The van der Waals surface area contributed by atoms with E-state index >= 15 is 0 Å². The normalized spacial score (nSPS) is 15.5. The maximum atomic E-state index is 2.56. The van der Waals surface area contributed by atoms with E-state index in [4.69, 9.17) is 0 Å². The number of nitrogens with zero attached hydrogens (tertiary/aromatic N) is 5. The monoisotopic (exact) mass is 835 g/mol. The summed E-state index contributed by atoms with van der Waals surface area (Å²) in [6.07, 6.45) is 5.43. The molecule has 0 N–H and O–H groups in total. The number of benzene rings is 7. The van der Waals surface area contributed by atoms with Crippen LogP contribution in [0.25, 0.3) is 87.9 Å². The molecule has 5 nitrogen and oxygen atoms in total. The highest BCUT2D eigenvalue weighted by Gasteiger charge is 2.65. The Morgan fingerprint density at radius 2 is 1.03 bits per heavy atom. The Morgan fingerprint density at radius 3 is 1.77 bits per heavy atom. The number of anilines is 3. The first-order valence-corrected chi connectivity index (χ1v) is 22.9. The van der Waals surface area contributed by atoms with Crippen molar-refractivity contribution in [1.82, 2.24) is 9.13 Å². The second kappa shape index (κ2) is 12.5. The third kappa shape index (κ3) is 4.37. The molecule has 0 saturated carbocycles. The predicted octanol–water partition coefficient (Wildman–Crippen LogP) is 13.4. The number of hydrogen-bond donors (Lipinski definition) is 0. The van der Waals surface area contributed by atoms with Crippen LogP contribution in [0.3, 0.4) is 0 Å². The lowest BCUT2D eigenvalue weighted by Crippen LogP contribution is -2.75. The maximum Gasteiger partial charge on any atom is 0.395 e. The third-order valence-corrected chi connectivity index (χ3v) is 15.4. The van der Waals surface area contributed by atoms with Gasteiger partial charge in [-0.1, -0.05) is 72.8 Å². The van der Waals surface area contributed by atoms with Crippen LogP contribution in [0, 0.1) is 0 Å². The lowest BCUT2D eigenvalue weighted by atomic mass is 9.84. The molecule has 12 aromatic rings. The zero-order valence-electron chi connectivity index (χ0n) is 34.6. The van der Waals surface area contributed by atoms with Crippen LogP contribution >= 0.6 is 11.3 Å². The zero-order valence-corrected chi connectivity index (χ0v) is 35.4. The summed E-state index contributed by atoms with van der Waals surface area (Å²) in [5.74, 6) is 0. The number of pyridine rings is 2. The Bertz CT molecular complexity index is 3950. The van der Waals surface area contributed by atoms with E-state index in [9.17, 15) is 0 Å². The lowest BCUT2D eigenvalue weighted by molar-refractivity contribution is -0.971. The van der Waals surface area contributed by atoms with Gasteiger partial charge in [0.05, 0.1) is 44.6 Å². The number of rotatable bonds is 4. The summed E-state index contributed by atoms with van der Waals surface area (Å²) in [4.78, 5) is 3.80. The van der Waals surface area contributed by atoms with Crippen molar-refractivity contribution in [3.63, 3.8) is 0 Å². The minimum atomic E-state index is -0.438. The molecule has 6 heteroatoms. The second-order valence-corrected chi connectivity index (χ2v) is 18.4. The highest BCUT2D eigenvalue weighted by atomic mass is 32.1. The average molecular weight is 836 g/mol. The molecule has 0 aliphatic carbocycles. The topological polar surface area (TPSA) is 20.9 Å². The molecule has 0 fully saturated rings. The smallest absolute Gasteiger partial charge is 0.309 e. The molecule has 8 heterocycles. The van der Waals surface area contributed by atoms with Crippen molar-refractivity contribution in [2.24, 2.45) is 0 Å². The second-order valence-electron chi connectivity index (χ2n) is 17.4. The van der Waals surface area contributed by atoms with E-state index in [-0.39, 0.29) is 0 Å². The molecule has 0 saturated heterocycles. The molecule has 3 aliphatic heterocycles. The molecular formula is C58H37N5S+2. The van der Waals surface area contributed by atoms with E-state index in [2.05, 4.69) is 236 Å². The number of hydrogen-bond acceptors (Lipinski definition) is 2. The molecule has 1 atom stereocenters. The Labute approximate surface area is 372 Å². The van der Waals surface area contributed by atoms with Crippen molar-refractivity contribution in [3.05, 3.63) is 224 Å². The minimum Gasteiger partial charge on any atom is -0.309 e. The number of aromatic nitrogens is 4. The molecule has 1 spiro atoms. The fourth-order valence-electron chi connectivity index (χ4n) is 11.7. The molecule has 298 valence electrons. The molecule has 15 rings (SSSR count). The molecule has 64 heavy (non-hydrogen) atoms. The predicted molar refractivity (Wildman–Crippen MR) is 261 cm³/mol. The van der Waals surface area contributed by atoms with Gasteiger partial charge in [0, 0.05) is 67.6 Å². The van der Waals surface area contributed by atoms with Gasteiger partial charge in [0.25, 0.3) is 0 Å². The van der Waals surface area contributed by atoms with Crippen LogP contribution in [0.1, 0.15) is 11.1 Å².